The molecule has 0 spiro atoms. The van der Waals surface area contributed by atoms with Crippen LogP contribution in [0.3, 0.4) is 0 Å². The first-order valence-electron chi connectivity index (χ1n) is 8.01. The Morgan fingerprint density at radius 2 is 1.52 bits per heavy atom. The van der Waals surface area contributed by atoms with Gasteiger partial charge >= 0.3 is 0 Å². The van der Waals surface area contributed by atoms with E-state index in [4.69, 9.17) is 0 Å². The predicted octanol–water partition coefficient (Wildman–Crippen LogP) is 3.57. The molecule has 3 nitrogen and oxygen atoms in total. The van der Waals surface area contributed by atoms with E-state index < -0.39 is 5.43 Å². The molecule has 0 amide bonds. The van der Waals surface area contributed by atoms with Gasteiger partial charge in [0.25, 0.3) is 5.43 Å². The Bertz CT molecular complexity index is 934. The van der Waals surface area contributed by atoms with Crippen molar-refractivity contribution in [2.45, 2.75) is 25.7 Å². The first kappa shape index (κ1) is 13.9. The van der Waals surface area contributed by atoms with E-state index in [1.54, 1.807) is 0 Å². The number of hydrogen-bond donors (Lipinski definition) is 1. The largest absolute Gasteiger partial charge is 0.352 e. The predicted molar refractivity (Wildman–Crippen MR) is 93.2 cm³/mol. The second-order valence-electron chi connectivity index (χ2n) is 6.09. The molecule has 0 aliphatic heterocycles. The lowest BCUT2D eigenvalue weighted by molar-refractivity contribution is 0.686. The van der Waals surface area contributed by atoms with Crippen molar-refractivity contribution in [1.82, 2.24) is 0 Å². The summed E-state index contributed by atoms with van der Waals surface area (Å²) < 4.78 is 0. The molecule has 3 aromatic rings. The van der Waals surface area contributed by atoms with Crippen LogP contribution in [0.4, 0.5) is 11.4 Å². The fourth-order valence-corrected chi connectivity index (χ4v) is 3.34. The second kappa shape index (κ2) is 5.51. The Kier molecular flexibility index (Phi) is 3.34. The summed E-state index contributed by atoms with van der Waals surface area (Å²) in [6.07, 6.45) is 4.58. The van der Waals surface area contributed by atoms with Crippen molar-refractivity contribution in [3.63, 3.8) is 0 Å². The summed E-state index contributed by atoms with van der Waals surface area (Å²) in [7, 11) is 0. The molecule has 0 radical (unpaired) electrons. The van der Waals surface area contributed by atoms with Gasteiger partial charge in [-0.15, -0.1) is 0 Å². The van der Waals surface area contributed by atoms with Crippen molar-refractivity contribution in [2.75, 3.05) is 5.32 Å². The molecule has 0 bridgehead atoms. The average Bonchev–Trinajstić information content (AvgIpc) is 2.61. The van der Waals surface area contributed by atoms with E-state index in [2.05, 4.69) is 17.4 Å². The van der Waals surface area contributed by atoms with E-state index >= 15 is 0 Å². The van der Waals surface area contributed by atoms with Crippen LogP contribution in [-0.4, -0.2) is 0 Å². The highest BCUT2D eigenvalue weighted by atomic mass is 16.2. The van der Waals surface area contributed by atoms with Gasteiger partial charge in [-0.25, -0.2) is 0 Å². The van der Waals surface area contributed by atoms with Crippen molar-refractivity contribution in [3.05, 3.63) is 80.1 Å². The summed E-state index contributed by atoms with van der Waals surface area (Å²) in [6, 6.07) is 15.6. The molecular formula is C20H17NO2. The highest BCUT2D eigenvalue weighted by Gasteiger charge is 2.23. The Hall–Kier alpha value is -2.68. The standard InChI is InChI=1S/C20H17NO2/c22-19-17(15-11-10-13-6-4-5-7-14(13)12-15)18(20(19)23)21-16-8-2-1-3-9-16/h1-3,8-12,21H,4-7H2. The number of rotatable bonds is 3. The summed E-state index contributed by atoms with van der Waals surface area (Å²) in [4.78, 5) is 24.1. The fraction of sp³-hybridized carbons (Fsp3) is 0.200. The van der Waals surface area contributed by atoms with Crippen molar-refractivity contribution in [2.24, 2.45) is 0 Å². The van der Waals surface area contributed by atoms with E-state index in [1.165, 1.54) is 24.0 Å². The molecule has 3 aromatic carbocycles. The van der Waals surface area contributed by atoms with Gasteiger partial charge in [-0.05, 0) is 54.5 Å². The van der Waals surface area contributed by atoms with Crippen LogP contribution in [-0.2, 0) is 12.8 Å². The van der Waals surface area contributed by atoms with E-state index in [-0.39, 0.29) is 5.43 Å². The number of benzene rings is 2. The van der Waals surface area contributed by atoms with Crippen molar-refractivity contribution in [3.8, 4) is 11.1 Å². The minimum Gasteiger partial charge on any atom is -0.352 e. The lowest BCUT2D eigenvalue weighted by Gasteiger charge is -2.18. The number of anilines is 2. The molecule has 4 rings (SSSR count). The minimum absolute atomic E-state index is 0.390. The lowest BCUT2D eigenvalue weighted by Crippen LogP contribution is -2.35. The topological polar surface area (TPSA) is 46.2 Å². The first-order valence-corrected chi connectivity index (χ1v) is 8.01. The third-order valence-electron chi connectivity index (χ3n) is 4.59. The quantitative estimate of drug-likeness (QED) is 0.752. The Labute approximate surface area is 134 Å². The molecule has 0 aromatic heterocycles. The Morgan fingerprint density at radius 1 is 0.783 bits per heavy atom. The average molecular weight is 303 g/mol. The monoisotopic (exact) mass is 303 g/mol. The van der Waals surface area contributed by atoms with Gasteiger partial charge in [0.1, 0.15) is 5.69 Å². The third-order valence-corrected chi connectivity index (χ3v) is 4.59. The zero-order valence-corrected chi connectivity index (χ0v) is 12.8. The van der Waals surface area contributed by atoms with Gasteiger partial charge in [-0.1, -0.05) is 36.4 Å². The van der Waals surface area contributed by atoms with Gasteiger partial charge in [0.15, 0.2) is 0 Å². The third kappa shape index (κ3) is 2.38. The Morgan fingerprint density at radius 3 is 2.30 bits per heavy atom. The van der Waals surface area contributed by atoms with Gasteiger partial charge in [-0.2, -0.15) is 0 Å². The van der Waals surface area contributed by atoms with Crippen molar-refractivity contribution < 1.29 is 0 Å². The summed E-state index contributed by atoms with van der Waals surface area (Å²) in [6.45, 7) is 0. The molecule has 0 saturated carbocycles. The van der Waals surface area contributed by atoms with Gasteiger partial charge < -0.3 is 5.32 Å². The zero-order valence-electron chi connectivity index (χ0n) is 12.8. The van der Waals surface area contributed by atoms with Crippen molar-refractivity contribution in [1.29, 1.82) is 0 Å². The van der Waals surface area contributed by atoms with Crippen LogP contribution in [0.15, 0.2) is 58.1 Å². The Balaban J connectivity index is 1.74. The molecule has 3 heteroatoms. The van der Waals surface area contributed by atoms with Crippen LogP contribution >= 0.6 is 0 Å². The normalized spacial score (nSPS) is 13.7. The molecule has 1 aliphatic rings. The number of hydrogen-bond acceptors (Lipinski definition) is 3. The minimum atomic E-state index is -0.429. The highest BCUT2D eigenvalue weighted by molar-refractivity contribution is 5.85. The van der Waals surface area contributed by atoms with Crippen LogP contribution in [0.25, 0.3) is 11.1 Å². The summed E-state index contributed by atoms with van der Waals surface area (Å²) >= 11 is 0. The molecule has 1 aliphatic carbocycles. The van der Waals surface area contributed by atoms with E-state index in [9.17, 15) is 9.59 Å². The van der Waals surface area contributed by atoms with Gasteiger partial charge in [0.05, 0.1) is 5.56 Å². The van der Waals surface area contributed by atoms with Crippen LogP contribution in [0, 0.1) is 0 Å². The van der Waals surface area contributed by atoms with E-state index in [0.29, 0.717) is 11.3 Å². The summed E-state index contributed by atoms with van der Waals surface area (Å²) in [5.41, 5.74) is 4.47. The molecule has 0 atom stereocenters. The number of para-hydroxylation sites is 1. The highest BCUT2D eigenvalue weighted by Crippen LogP contribution is 2.30. The first-order chi connectivity index (χ1) is 11.2. The van der Waals surface area contributed by atoms with Crippen LogP contribution < -0.4 is 16.2 Å². The van der Waals surface area contributed by atoms with E-state index in [0.717, 1.165) is 24.1 Å². The van der Waals surface area contributed by atoms with Crippen LogP contribution in [0.5, 0.6) is 0 Å². The van der Waals surface area contributed by atoms with Gasteiger partial charge in [0.2, 0.25) is 5.43 Å². The second-order valence-corrected chi connectivity index (χ2v) is 6.09. The van der Waals surface area contributed by atoms with Gasteiger partial charge in [0, 0.05) is 5.69 Å². The summed E-state index contributed by atoms with van der Waals surface area (Å²) in [5.74, 6) is 0. The van der Waals surface area contributed by atoms with Crippen molar-refractivity contribution >= 4 is 11.4 Å². The molecule has 0 unspecified atom stereocenters. The molecular weight excluding hydrogens is 286 g/mol. The maximum Gasteiger partial charge on any atom is 0.250 e. The van der Waals surface area contributed by atoms with Gasteiger partial charge in [-0.3, -0.25) is 9.59 Å². The SMILES string of the molecule is O=c1c(Nc2ccccc2)c(-c2ccc3c(c2)CCCC3)c1=O. The van der Waals surface area contributed by atoms with Crippen LogP contribution in [0.1, 0.15) is 24.0 Å². The van der Waals surface area contributed by atoms with Crippen LogP contribution in [0.2, 0.25) is 0 Å². The number of aryl methyl sites for hydroxylation is 2. The maximum absolute atomic E-state index is 12.1. The lowest BCUT2D eigenvalue weighted by atomic mass is 9.88. The molecule has 114 valence electrons. The zero-order chi connectivity index (χ0) is 15.8. The number of fused-ring (bicyclic) bond motifs is 1. The molecule has 23 heavy (non-hydrogen) atoms. The molecule has 0 heterocycles. The fourth-order valence-electron chi connectivity index (χ4n) is 3.34. The molecule has 1 N–H and O–H groups in total. The smallest absolute Gasteiger partial charge is 0.250 e. The maximum atomic E-state index is 12.1. The van der Waals surface area contributed by atoms with E-state index in [1.807, 2.05) is 36.4 Å². The summed E-state index contributed by atoms with van der Waals surface area (Å²) in [5, 5.41) is 3.10. The molecule has 0 saturated heterocycles. The number of nitrogens with one attached hydrogen (secondary N) is 1. The molecule has 0 fully saturated rings.